The van der Waals surface area contributed by atoms with E-state index in [1.807, 2.05) is 11.4 Å². The quantitative estimate of drug-likeness (QED) is 0.892. The van der Waals surface area contributed by atoms with Crippen LogP contribution < -0.4 is 10.9 Å². The molecular formula is C14H16N4OS2. The van der Waals surface area contributed by atoms with E-state index in [2.05, 4.69) is 15.3 Å². The third-order valence-electron chi connectivity index (χ3n) is 4.03. The Labute approximate surface area is 130 Å². The van der Waals surface area contributed by atoms with Gasteiger partial charge < -0.3 is 10.3 Å². The van der Waals surface area contributed by atoms with Gasteiger partial charge in [0.05, 0.1) is 23.4 Å². The van der Waals surface area contributed by atoms with Gasteiger partial charge in [-0.1, -0.05) is 24.6 Å². The van der Waals surface area contributed by atoms with Crippen LogP contribution in [0.25, 0.3) is 10.2 Å². The third-order valence-corrected chi connectivity index (χ3v) is 5.85. The minimum Gasteiger partial charge on any atom is -0.360 e. The Hall–Kier alpha value is -1.34. The molecule has 0 amide bonds. The maximum atomic E-state index is 11.9. The molecule has 0 spiro atoms. The van der Waals surface area contributed by atoms with Crippen LogP contribution in [0, 0.1) is 0 Å². The zero-order chi connectivity index (χ0) is 14.2. The fourth-order valence-corrected chi connectivity index (χ4v) is 4.57. The lowest BCUT2D eigenvalue weighted by Crippen LogP contribution is -2.36. The van der Waals surface area contributed by atoms with Gasteiger partial charge in [0.1, 0.15) is 10.5 Å². The second-order valence-electron chi connectivity index (χ2n) is 5.47. The van der Waals surface area contributed by atoms with Gasteiger partial charge in [-0.25, -0.2) is 4.98 Å². The Bertz CT molecular complexity index is 751. The number of aromatic nitrogens is 2. The fraction of sp³-hybridized carbons (Fsp3) is 0.500. The Morgan fingerprint density at radius 2 is 2.29 bits per heavy atom. The largest absolute Gasteiger partial charge is 0.360 e. The molecule has 0 radical (unpaired) electrons. The van der Waals surface area contributed by atoms with E-state index in [0.717, 1.165) is 16.5 Å². The van der Waals surface area contributed by atoms with Crippen LogP contribution in [0.1, 0.15) is 31.5 Å². The van der Waals surface area contributed by atoms with Crippen molar-refractivity contribution in [3.05, 3.63) is 27.6 Å². The van der Waals surface area contributed by atoms with Gasteiger partial charge in [0.25, 0.3) is 5.56 Å². The molecule has 2 aliphatic rings. The number of H-pyrrole nitrogens is 1. The highest BCUT2D eigenvalue weighted by molar-refractivity contribution is 8.13. The van der Waals surface area contributed by atoms with Crippen molar-refractivity contribution in [2.45, 2.75) is 43.5 Å². The zero-order valence-corrected chi connectivity index (χ0v) is 13.1. The van der Waals surface area contributed by atoms with Crippen molar-refractivity contribution >= 4 is 38.5 Å². The molecule has 0 aromatic carbocycles. The number of aromatic amines is 1. The van der Waals surface area contributed by atoms with Gasteiger partial charge in [0, 0.05) is 0 Å². The molecule has 110 valence electrons. The molecule has 3 heterocycles. The molecule has 0 saturated heterocycles. The van der Waals surface area contributed by atoms with Crippen LogP contribution in [0.3, 0.4) is 0 Å². The number of hydrogen-bond acceptors (Lipinski definition) is 6. The summed E-state index contributed by atoms with van der Waals surface area (Å²) < 4.78 is 0.700. The number of thiophene rings is 1. The second kappa shape index (κ2) is 5.46. The smallest absolute Gasteiger partial charge is 0.268 e. The molecular weight excluding hydrogens is 304 g/mol. The molecule has 2 aromatic rings. The number of hydrogen-bond donors (Lipinski definition) is 2. The predicted molar refractivity (Wildman–Crippen MR) is 88.2 cm³/mol. The van der Waals surface area contributed by atoms with Crippen molar-refractivity contribution < 1.29 is 0 Å². The maximum Gasteiger partial charge on any atom is 0.268 e. The maximum absolute atomic E-state index is 11.9. The number of thioether (sulfide) groups is 1. The highest BCUT2D eigenvalue weighted by Gasteiger charge is 2.30. The van der Waals surface area contributed by atoms with E-state index in [4.69, 9.17) is 4.99 Å². The first kappa shape index (κ1) is 13.3. The average molecular weight is 320 g/mol. The van der Waals surface area contributed by atoms with E-state index >= 15 is 0 Å². The number of rotatable bonds is 2. The first-order chi connectivity index (χ1) is 10.3. The van der Waals surface area contributed by atoms with E-state index in [-0.39, 0.29) is 5.56 Å². The Morgan fingerprint density at radius 1 is 1.38 bits per heavy atom. The second-order valence-corrected chi connectivity index (χ2v) is 7.35. The fourth-order valence-electron chi connectivity index (χ4n) is 2.99. The zero-order valence-electron chi connectivity index (χ0n) is 11.5. The van der Waals surface area contributed by atoms with Crippen LogP contribution in [0.4, 0.5) is 0 Å². The van der Waals surface area contributed by atoms with Crippen molar-refractivity contribution in [3.8, 4) is 0 Å². The third kappa shape index (κ3) is 2.60. The first-order valence-corrected chi connectivity index (χ1v) is 9.10. The van der Waals surface area contributed by atoms with E-state index in [9.17, 15) is 4.79 Å². The first-order valence-electron chi connectivity index (χ1n) is 7.23. The molecule has 2 atom stereocenters. The molecule has 2 unspecified atom stereocenters. The van der Waals surface area contributed by atoms with Gasteiger partial charge in [0.2, 0.25) is 0 Å². The summed E-state index contributed by atoms with van der Waals surface area (Å²) in [5, 5.41) is 6.41. The lowest BCUT2D eigenvalue weighted by Gasteiger charge is -2.23. The minimum absolute atomic E-state index is 0.0411. The van der Waals surface area contributed by atoms with Crippen LogP contribution in [0.5, 0.6) is 0 Å². The normalized spacial score (nSPS) is 24.7. The van der Waals surface area contributed by atoms with Crippen molar-refractivity contribution in [2.75, 3.05) is 0 Å². The van der Waals surface area contributed by atoms with Gasteiger partial charge in [0.15, 0.2) is 5.17 Å². The topological polar surface area (TPSA) is 70.1 Å². The molecule has 1 fully saturated rings. The van der Waals surface area contributed by atoms with E-state index in [0.29, 0.717) is 22.5 Å². The van der Waals surface area contributed by atoms with Crippen LogP contribution in [-0.4, -0.2) is 27.2 Å². The lowest BCUT2D eigenvalue weighted by molar-refractivity contribution is 0.385. The summed E-state index contributed by atoms with van der Waals surface area (Å²) in [6.45, 7) is 0. The van der Waals surface area contributed by atoms with Gasteiger partial charge in [-0.15, -0.1) is 11.3 Å². The summed E-state index contributed by atoms with van der Waals surface area (Å²) in [6, 6.07) is 2.86. The van der Waals surface area contributed by atoms with Crippen molar-refractivity contribution in [3.63, 3.8) is 0 Å². The summed E-state index contributed by atoms with van der Waals surface area (Å²) in [6.07, 6.45) is 4.99. The lowest BCUT2D eigenvalue weighted by atomic mass is 9.92. The van der Waals surface area contributed by atoms with Gasteiger partial charge in [-0.05, 0) is 24.3 Å². The molecule has 2 N–H and O–H groups in total. The standard InChI is InChI=1S/C14H16N4OS2/c19-13-12-10(5-6-20-12)15-11(18-13)7-21-14-16-8-3-1-2-4-9(8)17-14/h5-6,8-9H,1-4,7H2,(H,16,17)(H,15,18,19). The molecule has 1 saturated carbocycles. The van der Waals surface area contributed by atoms with Crippen molar-refractivity contribution in [1.29, 1.82) is 0 Å². The van der Waals surface area contributed by atoms with Gasteiger partial charge >= 0.3 is 0 Å². The molecule has 0 bridgehead atoms. The summed E-state index contributed by atoms with van der Waals surface area (Å²) >= 11 is 3.06. The van der Waals surface area contributed by atoms with Crippen molar-refractivity contribution in [2.24, 2.45) is 4.99 Å². The van der Waals surface area contributed by atoms with Crippen molar-refractivity contribution in [1.82, 2.24) is 15.3 Å². The number of amidine groups is 1. The summed E-state index contributed by atoms with van der Waals surface area (Å²) in [5.41, 5.74) is 0.745. The Morgan fingerprint density at radius 3 is 3.19 bits per heavy atom. The van der Waals surface area contributed by atoms with Crippen LogP contribution in [0.15, 0.2) is 21.2 Å². The monoisotopic (exact) mass is 320 g/mol. The minimum atomic E-state index is -0.0411. The molecule has 2 aromatic heterocycles. The molecule has 1 aliphatic heterocycles. The predicted octanol–water partition coefficient (Wildman–Crippen LogP) is 2.49. The highest BCUT2D eigenvalue weighted by Crippen LogP contribution is 2.27. The van der Waals surface area contributed by atoms with Gasteiger partial charge in [-0.2, -0.15) is 0 Å². The molecule has 1 aliphatic carbocycles. The van der Waals surface area contributed by atoms with Gasteiger partial charge in [-0.3, -0.25) is 9.79 Å². The molecule has 4 rings (SSSR count). The molecule has 21 heavy (non-hydrogen) atoms. The number of fused-ring (bicyclic) bond motifs is 2. The van der Waals surface area contributed by atoms with Crippen LogP contribution in [0.2, 0.25) is 0 Å². The summed E-state index contributed by atoms with van der Waals surface area (Å²) in [5.74, 6) is 1.36. The highest BCUT2D eigenvalue weighted by atomic mass is 32.2. The summed E-state index contributed by atoms with van der Waals surface area (Å²) in [4.78, 5) is 24.0. The number of nitrogens with zero attached hydrogens (tertiary/aromatic N) is 2. The summed E-state index contributed by atoms with van der Waals surface area (Å²) in [7, 11) is 0. The SMILES string of the molecule is O=c1[nH]c(CSC2=NC3CCCCC3N2)nc2ccsc12. The van der Waals surface area contributed by atoms with E-state index in [1.54, 1.807) is 11.8 Å². The van der Waals surface area contributed by atoms with E-state index < -0.39 is 0 Å². The van der Waals surface area contributed by atoms with E-state index in [1.165, 1.54) is 37.0 Å². The van der Waals surface area contributed by atoms with Crippen LogP contribution in [-0.2, 0) is 5.75 Å². The molecule has 5 nitrogen and oxygen atoms in total. The Balaban J connectivity index is 1.47. The number of aliphatic imine (C=N–C) groups is 1. The number of nitrogens with one attached hydrogen (secondary N) is 2. The molecule has 7 heteroatoms. The Kier molecular flexibility index (Phi) is 3.46. The average Bonchev–Trinajstić information content (AvgIpc) is 3.11. The van der Waals surface area contributed by atoms with Crippen LogP contribution >= 0.6 is 23.1 Å².